The number of sulfonamides is 1. The number of carbonyl (C=O) groups excluding carboxylic acids is 1. The number of ether oxygens (including phenoxy) is 1. The van der Waals surface area contributed by atoms with Crippen LogP contribution < -0.4 is 14.8 Å². The van der Waals surface area contributed by atoms with E-state index in [1.165, 1.54) is 6.92 Å². The first-order chi connectivity index (χ1) is 11.4. The number of hydrogen-bond acceptors (Lipinski definition) is 5. The van der Waals surface area contributed by atoms with Crippen LogP contribution in [0.4, 0.5) is 5.69 Å². The summed E-state index contributed by atoms with van der Waals surface area (Å²) in [7, 11) is -3.47. The third kappa shape index (κ3) is 5.90. The van der Waals surface area contributed by atoms with Crippen LogP contribution in [0.5, 0.6) is 5.75 Å². The molecule has 24 heavy (non-hydrogen) atoms. The van der Waals surface area contributed by atoms with E-state index in [9.17, 15) is 13.2 Å². The molecule has 1 amide bonds. The summed E-state index contributed by atoms with van der Waals surface area (Å²) in [5, 5.41) is 2.67. The minimum absolute atomic E-state index is 0.151. The zero-order valence-corrected chi connectivity index (χ0v) is 16.1. The molecule has 0 saturated heterocycles. The summed E-state index contributed by atoms with van der Waals surface area (Å²) in [6.45, 7) is 2.08. The van der Waals surface area contributed by atoms with Crippen LogP contribution in [0.25, 0.3) is 0 Å². The van der Waals surface area contributed by atoms with Crippen LogP contribution in [0.3, 0.4) is 0 Å². The van der Waals surface area contributed by atoms with E-state index in [1.54, 1.807) is 36.4 Å². The summed E-state index contributed by atoms with van der Waals surface area (Å²) in [5.41, 5.74) is 0.656. The maximum atomic E-state index is 12.0. The highest BCUT2D eigenvalue weighted by Crippen LogP contribution is 2.25. The predicted molar refractivity (Wildman–Crippen MR) is 98.1 cm³/mol. The second-order valence-electron chi connectivity index (χ2n) is 4.87. The molecular formula is C15H17BrN2O4S2. The Hall–Kier alpha value is -1.42. The molecule has 2 aromatic rings. The third-order valence-corrected chi connectivity index (χ3v) is 6.43. The van der Waals surface area contributed by atoms with Crippen molar-refractivity contribution in [1.82, 2.24) is 4.72 Å². The van der Waals surface area contributed by atoms with Crippen molar-refractivity contribution in [2.45, 2.75) is 17.6 Å². The number of rotatable bonds is 8. The van der Waals surface area contributed by atoms with Crippen LogP contribution in [0.15, 0.2) is 44.4 Å². The summed E-state index contributed by atoms with van der Waals surface area (Å²) in [6.07, 6.45) is 0.524. The minimum atomic E-state index is -3.47. The fourth-order valence-corrected chi connectivity index (χ4v) is 4.98. The topological polar surface area (TPSA) is 84.5 Å². The first kappa shape index (κ1) is 18.9. The zero-order chi connectivity index (χ0) is 17.6. The molecule has 1 aromatic carbocycles. The zero-order valence-electron chi connectivity index (χ0n) is 12.9. The van der Waals surface area contributed by atoms with Gasteiger partial charge in [0.15, 0.2) is 0 Å². The van der Waals surface area contributed by atoms with Gasteiger partial charge in [0, 0.05) is 25.2 Å². The summed E-state index contributed by atoms with van der Waals surface area (Å²) in [4.78, 5) is 11.0. The molecule has 0 atom stereocenters. The van der Waals surface area contributed by atoms with Gasteiger partial charge in [0.25, 0.3) is 0 Å². The average Bonchev–Trinajstić information content (AvgIpc) is 2.94. The van der Waals surface area contributed by atoms with Gasteiger partial charge in [0.05, 0.1) is 10.4 Å². The van der Waals surface area contributed by atoms with Crippen LogP contribution in [0.2, 0.25) is 0 Å². The normalized spacial score (nSPS) is 11.2. The lowest BCUT2D eigenvalue weighted by Gasteiger charge is -2.09. The standard InChI is InChI=1S/C15H17BrN2O4S2/c1-11(19)18-12-4-2-5-13(10-12)22-9-3-8-17-24(20,21)15-7-6-14(16)23-15/h2,4-7,10,17H,3,8-9H2,1H3,(H,18,19). The monoisotopic (exact) mass is 432 g/mol. The summed E-state index contributed by atoms with van der Waals surface area (Å²) in [5.74, 6) is 0.466. The van der Waals surface area contributed by atoms with E-state index in [2.05, 4.69) is 26.0 Å². The quantitative estimate of drug-likeness (QED) is 0.627. The van der Waals surface area contributed by atoms with Crippen LogP contribution in [-0.2, 0) is 14.8 Å². The van der Waals surface area contributed by atoms with Crippen LogP contribution in [0, 0.1) is 0 Å². The lowest BCUT2D eigenvalue weighted by molar-refractivity contribution is -0.114. The Morgan fingerprint density at radius 2 is 2.08 bits per heavy atom. The van der Waals surface area contributed by atoms with Crippen molar-refractivity contribution in [1.29, 1.82) is 0 Å². The Bertz CT molecular complexity index is 805. The second-order valence-corrected chi connectivity index (χ2v) is 9.32. The fourth-order valence-electron chi connectivity index (χ4n) is 1.85. The highest BCUT2D eigenvalue weighted by atomic mass is 79.9. The first-order valence-electron chi connectivity index (χ1n) is 7.12. The molecule has 0 bridgehead atoms. The molecule has 6 nitrogen and oxygen atoms in total. The molecule has 2 N–H and O–H groups in total. The molecule has 0 aliphatic heterocycles. The maximum Gasteiger partial charge on any atom is 0.250 e. The van der Waals surface area contributed by atoms with Gasteiger partial charge in [-0.15, -0.1) is 11.3 Å². The predicted octanol–water partition coefficient (Wildman–Crippen LogP) is 3.22. The molecule has 1 aromatic heterocycles. The number of nitrogens with one attached hydrogen (secondary N) is 2. The van der Waals surface area contributed by atoms with Gasteiger partial charge in [0.2, 0.25) is 15.9 Å². The molecule has 2 rings (SSSR count). The molecular weight excluding hydrogens is 416 g/mol. The Labute approximate surface area is 153 Å². The average molecular weight is 433 g/mol. The van der Waals surface area contributed by atoms with E-state index in [4.69, 9.17) is 4.74 Å². The molecule has 130 valence electrons. The van der Waals surface area contributed by atoms with Gasteiger partial charge in [-0.25, -0.2) is 13.1 Å². The lowest BCUT2D eigenvalue weighted by atomic mass is 10.3. The maximum absolute atomic E-state index is 12.0. The number of anilines is 1. The molecule has 0 fully saturated rings. The van der Waals surface area contributed by atoms with Gasteiger partial charge in [-0.1, -0.05) is 6.07 Å². The molecule has 0 spiro atoms. The Morgan fingerprint density at radius 3 is 2.75 bits per heavy atom. The van der Waals surface area contributed by atoms with E-state index >= 15 is 0 Å². The van der Waals surface area contributed by atoms with E-state index in [0.29, 0.717) is 24.5 Å². The Morgan fingerprint density at radius 1 is 1.29 bits per heavy atom. The Kier molecular flexibility index (Phi) is 6.79. The highest BCUT2D eigenvalue weighted by molar-refractivity contribution is 9.11. The molecule has 0 radical (unpaired) electrons. The van der Waals surface area contributed by atoms with Crippen molar-refractivity contribution in [2.75, 3.05) is 18.5 Å². The molecule has 0 aliphatic rings. The number of carbonyl (C=O) groups is 1. The second kappa shape index (κ2) is 8.61. The van der Waals surface area contributed by atoms with Crippen LogP contribution >= 0.6 is 27.3 Å². The van der Waals surface area contributed by atoms with Crippen molar-refractivity contribution in [3.8, 4) is 5.75 Å². The molecule has 1 heterocycles. The van der Waals surface area contributed by atoms with Gasteiger partial charge < -0.3 is 10.1 Å². The largest absolute Gasteiger partial charge is 0.493 e. The highest BCUT2D eigenvalue weighted by Gasteiger charge is 2.15. The van der Waals surface area contributed by atoms with E-state index in [1.807, 2.05) is 0 Å². The molecule has 0 aliphatic carbocycles. The number of benzene rings is 1. The number of halogens is 1. The third-order valence-electron chi connectivity index (χ3n) is 2.85. The summed E-state index contributed by atoms with van der Waals surface area (Å²) < 4.78 is 33.2. The number of hydrogen-bond donors (Lipinski definition) is 2. The SMILES string of the molecule is CC(=O)Nc1cccc(OCCCNS(=O)(=O)c2ccc(Br)s2)c1. The lowest BCUT2D eigenvalue weighted by Crippen LogP contribution is -2.25. The van der Waals surface area contributed by atoms with Crippen molar-refractivity contribution >= 4 is 48.9 Å². The molecule has 9 heteroatoms. The van der Waals surface area contributed by atoms with E-state index < -0.39 is 10.0 Å². The van der Waals surface area contributed by atoms with Crippen molar-refractivity contribution < 1.29 is 17.9 Å². The van der Waals surface area contributed by atoms with Crippen LogP contribution in [-0.4, -0.2) is 27.5 Å². The number of amides is 1. The smallest absolute Gasteiger partial charge is 0.250 e. The van der Waals surface area contributed by atoms with E-state index in [-0.39, 0.29) is 16.7 Å². The van der Waals surface area contributed by atoms with Gasteiger partial charge in [-0.3, -0.25) is 4.79 Å². The summed E-state index contributed by atoms with van der Waals surface area (Å²) in [6, 6.07) is 10.3. The first-order valence-corrected chi connectivity index (χ1v) is 10.2. The fraction of sp³-hybridized carbons (Fsp3) is 0.267. The van der Waals surface area contributed by atoms with Gasteiger partial charge in [-0.2, -0.15) is 0 Å². The van der Waals surface area contributed by atoms with Crippen molar-refractivity contribution in [3.63, 3.8) is 0 Å². The molecule has 0 unspecified atom stereocenters. The van der Waals surface area contributed by atoms with Gasteiger partial charge in [0.1, 0.15) is 9.96 Å². The van der Waals surface area contributed by atoms with Gasteiger partial charge in [-0.05, 0) is 46.6 Å². The van der Waals surface area contributed by atoms with Crippen LogP contribution in [0.1, 0.15) is 13.3 Å². The van der Waals surface area contributed by atoms with Gasteiger partial charge >= 0.3 is 0 Å². The number of thiophene rings is 1. The molecule has 0 saturated carbocycles. The van der Waals surface area contributed by atoms with E-state index in [0.717, 1.165) is 15.1 Å². The van der Waals surface area contributed by atoms with Crippen molar-refractivity contribution in [2.24, 2.45) is 0 Å². The summed E-state index contributed by atoms with van der Waals surface area (Å²) >= 11 is 4.41. The van der Waals surface area contributed by atoms with Crippen molar-refractivity contribution in [3.05, 3.63) is 40.2 Å². The Balaban J connectivity index is 1.76. The minimum Gasteiger partial charge on any atom is -0.493 e.